The van der Waals surface area contributed by atoms with Crippen LogP contribution in [-0.2, 0) is 9.59 Å². The van der Waals surface area contributed by atoms with Gasteiger partial charge in [0.1, 0.15) is 0 Å². The van der Waals surface area contributed by atoms with Gasteiger partial charge in [0.25, 0.3) is 0 Å². The van der Waals surface area contributed by atoms with Crippen molar-refractivity contribution < 1.29 is 9.59 Å². The third-order valence-corrected chi connectivity index (χ3v) is 4.48. The zero-order valence-corrected chi connectivity index (χ0v) is 12.1. The molecule has 2 fully saturated rings. The lowest BCUT2D eigenvalue weighted by atomic mass is 9.86. The van der Waals surface area contributed by atoms with Gasteiger partial charge in [-0.25, -0.2) is 0 Å². The first-order valence-corrected chi connectivity index (χ1v) is 7.70. The summed E-state index contributed by atoms with van der Waals surface area (Å²) in [7, 11) is 0. The second-order valence-corrected chi connectivity index (χ2v) is 5.95. The van der Waals surface area contributed by atoms with Gasteiger partial charge >= 0.3 is 0 Å². The molecule has 0 radical (unpaired) electrons. The van der Waals surface area contributed by atoms with Crippen LogP contribution in [-0.4, -0.2) is 47.8 Å². The van der Waals surface area contributed by atoms with Gasteiger partial charge in [0, 0.05) is 39.5 Å². The van der Waals surface area contributed by atoms with Gasteiger partial charge in [-0.05, 0) is 25.2 Å². The van der Waals surface area contributed by atoms with E-state index in [0.717, 1.165) is 25.9 Å². The van der Waals surface area contributed by atoms with E-state index in [4.69, 9.17) is 0 Å². The molecule has 0 bridgehead atoms. The molecular formula is C15H26N2O2. The van der Waals surface area contributed by atoms with Crippen molar-refractivity contribution in [2.75, 3.05) is 26.2 Å². The Hall–Kier alpha value is -1.06. The van der Waals surface area contributed by atoms with Gasteiger partial charge in [-0.2, -0.15) is 0 Å². The molecule has 108 valence electrons. The standard InChI is InChI=1S/C15H26N2O2/c1-13(18)16-8-5-9-17(11-10-16)15(19)12-14-6-3-2-4-7-14/h14H,2-12H2,1H3. The second-order valence-electron chi connectivity index (χ2n) is 5.95. The predicted octanol–water partition coefficient (Wildman–Crippen LogP) is 2.04. The van der Waals surface area contributed by atoms with Crippen molar-refractivity contribution in [2.45, 2.75) is 51.9 Å². The molecule has 0 aromatic heterocycles. The number of hydrogen-bond acceptors (Lipinski definition) is 2. The molecular weight excluding hydrogens is 240 g/mol. The molecule has 1 saturated heterocycles. The maximum Gasteiger partial charge on any atom is 0.222 e. The van der Waals surface area contributed by atoms with Gasteiger partial charge in [0.2, 0.25) is 11.8 Å². The van der Waals surface area contributed by atoms with Crippen LogP contribution in [0.4, 0.5) is 0 Å². The Bertz CT molecular complexity index is 324. The summed E-state index contributed by atoms with van der Waals surface area (Å²) < 4.78 is 0. The van der Waals surface area contributed by atoms with Crippen molar-refractivity contribution in [1.82, 2.24) is 9.80 Å². The Labute approximate surface area is 116 Å². The quantitative estimate of drug-likeness (QED) is 0.767. The third-order valence-electron chi connectivity index (χ3n) is 4.48. The van der Waals surface area contributed by atoms with E-state index < -0.39 is 0 Å². The highest BCUT2D eigenvalue weighted by atomic mass is 16.2. The van der Waals surface area contributed by atoms with Crippen molar-refractivity contribution in [1.29, 1.82) is 0 Å². The highest BCUT2D eigenvalue weighted by molar-refractivity contribution is 5.77. The molecule has 1 aliphatic carbocycles. The van der Waals surface area contributed by atoms with E-state index >= 15 is 0 Å². The van der Waals surface area contributed by atoms with Crippen molar-refractivity contribution in [3.63, 3.8) is 0 Å². The minimum atomic E-state index is 0.126. The van der Waals surface area contributed by atoms with Crippen molar-refractivity contribution in [3.05, 3.63) is 0 Å². The number of rotatable bonds is 2. The summed E-state index contributed by atoms with van der Waals surface area (Å²) >= 11 is 0. The molecule has 4 nitrogen and oxygen atoms in total. The summed E-state index contributed by atoms with van der Waals surface area (Å²) in [6.45, 7) is 4.63. The van der Waals surface area contributed by atoms with Crippen LogP contribution in [0, 0.1) is 5.92 Å². The largest absolute Gasteiger partial charge is 0.341 e. The Morgan fingerprint density at radius 3 is 2.21 bits per heavy atom. The average Bonchev–Trinajstić information content (AvgIpc) is 2.65. The van der Waals surface area contributed by atoms with Crippen LogP contribution in [0.15, 0.2) is 0 Å². The first-order valence-electron chi connectivity index (χ1n) is 7.70. The van der Waals surface area contributed by atoms with E-state index in [-0.39, 0.29) is 5.91 Å². The van der Waals surface area contributed by atoms with Crippen LogP contribution in [0.2, 0.25) is 0 Å². The van der Waals surface area contributed by atoms with Crippen LogP contribution >= 0.6 is 0 Å². The van der Waals surface area contributed by atoms with Crippen LogP contribution < -0.4 is 0 Å². The third kappa shape index (κ3) is 4.22. The molecule has 1 heterocycles. The molecule has 2 aliphatic rings. The minimum absolute atomic E-state index is 0.126. The van der Waals surface area contributed by atoms with Crippen molar-refractivity contribution in [3.8, 4) is 0 Å². The van der Waals surface area contributed by atoms with Crippen molar-refractivity contribution in [2.24, 2.45) is 5.92 Å². The van der Waals surface area contributed by atoms with E-state index in [1.54, 1.807) is 6.92 Å². The summed E-state index contributed by atoms with van der Waals surface area (Å²) in [6.07, 6.45) is 7.99. The van der Waals surface area contributed by atoms with Crippen molar-refractivity contribution >= 4 is 11.8 Å². The number of carbonyl (C=O) groups excluding carboxylic acids is 2. The van der Waals surface area contributed by atoms with Gasteiger partial charge in [-0.15, -0.1) is 0 Å². The molecule has 0 unspecified atom stereocenters. The maximum absolute atomic E-state index is 12.3. The summed E-state index contributed by atoms with van der Waals surface area (Å²) in [5.74, 6) is 1.03. The molecule has 0 spiro atoms. The summed E-state index contributed by atoms with van der Waals surface area (Å²) in [6, 6.07) is 0. The Morgan fingerprint density at radius 2 is 1.53 bits per heavy atom. The first-order chi connectivity index (χ1) is 9.16. The molecule has 1 aliphatic heterocycles. The molecule has 19 heavy (non-hydrogen) atoms. The lowest BCUT2D eigenvalue weighted by molar-refractivity contribution is -0.133. The number of hydrogen-bond donors (Lipinski definition) is 0. The molecule has 2 rings (SSSR count). The zero-order chi connectivity index (χ0) is 13.7. The fraction of sp³-hybridized carbons (Fsp3) is 0.867. The Morgan fingerprint density at radius 1 is 0.895 bits per heavy atom. The lowest BCUT2D eigenvalue weighted by Crippen LogP contribution is -2.37. The smallest absolute Gasteiger partial charge is 0.222 e. The van der Waals surface area contributed by atoms with Crippen LogP contribution in [0.5, 0.6) is 0 Å². The molecule has 0 aromatic carbocycles. The van der Waals surface area contributed by atoms with E-state index in [1.807, 2.05) is 9.80 Å². The van der Waals surface area contributed by atoms with E-state index in [1.165, 1.54) is 32.1 Å². The normalized spacial score (nSPS) is 22.2. The highest BCUT2D eigenvalue weighted by Gasteiger charge is 2.23. The van der Waals surface area contributed by atoms with Gasteiger partial charge in [-0.1, -0.05) is 19.3 Å². The van der Waals surface area contributed by atoms with Gasteiger partial charge in [-0.3, -0.25) is 9.59 Å². The fourth-order valence-corrected chi connectivity index (χ4v) is 3.25. The first kappa shape index (κ1) is 14.4. The maximum atomic E-state index is 12.3. The van der Waals surface area contributed by atoms with E-state index in [9.17, 15) is 9.59 Å². The SMILES string of the molecule is CC(=O)N1CCCN(C(=O)CC2CCCCC2)CC1. The molecule has 0 aromatic rings. The Balaban J connectivity index is 1.80. The van der Waals surface area contributed by atoms with Crippen LogP contribution in [0.3, 0.4) is 0 Å². The zero-order valence-electron chi connectivity index (χ0n) is 12.1. The average molecular weight is 266 g/mol. The molecule has 0 atom stereocenters. The van der Waals surface area contributed by atoms with Crippen LogP contribution in [0.25, 0.3) is 0 Å². The highest BCUT2D eigenvalue weighted by Crippen LogP contribution is 2.27. The van der Waals surface area contributed by atoms with E-state index in [2.05, 4.69) is 0 Å². The van der Waals surface area contributed by atoms with Gasteiger partial charge < -0.3 is 9.80 Å². The molecule has 2 amide bonds. The lowest BCUT2D eigenvalue weighted by Gasteiger charge is -2.26. The Kier molecular flexibility index (Phi) is 5.23. The number of carbonyl (C=O) groups is 2. The van der Waals surface area contributed by atoms with Crippen LogP contribution in [0.1, 0.15) is 51.9 Å². The number of amides is 2. The monoisotopic (exact) mass is 266 g/mol. The predicted molar refractivity (Wildman–Crippen MR) is 74.6 cm³/mol. The van der Waals surface area contributed by atoms with E-state index in [0.29, 0.717) is 24.9 Å². The fourth-order valence-electron chi connectivity index (χ4n) is 3.25. The minimum Gasteiger partial charge on any atom is -0.341 e. The number of nitrogens with zero attached hydrogens (tertiary/aromatic N) is 2. The summed E-state index contributed by atoms with van der Waals surface area (Å²) in [4.78, 5) is 27.5. The van der Waals surface area contributed by atoms with Gasteiger partial charge in [0.15, 0.2) is 0 Å². The molecule has 1 saturated carbocycles. The second kappa shape index (κ2) is 6.92. The summed E-state index contributed by atoms with van der Waals surface area (Å²) in [5.41, 5.74) is 0. The van der Waals surface area contributed by atoms with Gasteiger partial charge in [0.05, 0.1) is 0 Å². The summed E-state index contributed by atoms with van der Waals surface area (Å²) in [5, 5.41) is 0. The molecule has 0 N–H and O–H groups in total. The topological polar surface area (TPSA) is 40.6 Å². The molecule has 4 heteroatoms.